The molecule has 0 aliphatic carbocycles. The van der Waals surface area contributed by atoms with Crippen LogP contribution in [0, 0.1) is 0 Å². The Bertz CT molecular complexity index is 779. The van der Waals surface area contributed by atoms with E-state index in [0.717, 1.165) is 16.6 Å². The lowest BCUT2D eigenvalue weighted by Crippen LogP contribution is -2.24. The Balaban J connectivity index is -0.000000149. The summed E-state index contributed by atoms with van der Waals surface area (Å²) in [5.41, 5.74) is 0. The molecule has 0 saturated carbocycles. The van der Waals surface area contributed by atoms with Crippen LogP contribution in [0.2, 0.25) is 0 Å². The Morgan fingerprint density at radius 1 is 0.903 bits per heavy atom. The lowest BCUT2D eigenvalue weighted by Gasteiger charge is -2.01. The first-order chi connectivity index (χ1) is 13.8. The minimum absolute atomic E-state index is 0.0185. The number of allylic oxidation sites excluding steroid dienone is 3. The molecule has 1 aliphatic rings. The molecule has 31 heavy (non-hydrogen) atoms. The molecular formula is C20H27Br2NO7S. The maximum absolute atomic E-state index is 10.4. The Labute approximate surface area is 200 Å². The zero-order valence-corrected chi connectivity index (χ0v) is 22.1. The van der Waals surface area contributed by atoms with Crippen molar-refractivity contribution in [3.05, 3.63) is 58.9 Å². The third-order valence-electron chi connectivity index (χ3n) is 2.38. The smallest absolute Gasteiger partial charge is 0.253 e. The van der Waals surface area contributed by atoms with E-state index in [-0.39, 0.29) is 29.2 Å². The number of ketones is 3. The van der Waals surface area contributed by atoms with Crippen LogP contribution in [0.1, 0.15) is 20.8 Å². The second-order valence-corrected chi connectivity index (χ2v) is 9.21. The quantitative estimate of drug-likeness (QED) is 0.366. The number of Topliss-reactive ketones (excluding diaryl/α,β-unsaturated/α-hetero) is 2. The van der Waals surface area contributed by atoms with E-state index in [1.54, 1.807) is 0 Å². The van der Waals surface area contributed by atoms with Gasteiger partial charge in [0.1, 0.15) is 0 Å². The predicted molar refractivity (Wildman–Crippen MR) is 130 cm³/mol. The Morgan fingerprint density at radius 2 is 1.10 bits per heavy atom. The molecule has 0 aromatic heterocycles. The second kappa shape index (κ2) is 19.7. The average molecular weight is 585 g/mol. The fourth-order valence-corrected chi connectivity index (χ4v) is 0.475. The molecule has 174 valence electrons. The number of carbonyl (C=O) groups excluding carboxylic acids is 5. The Kier molecular flexibility index (Phi) is 23.0. The lowest BCUT2D eigenvalue weighted by atomic mass is 10.5. The summed E-state index contributed by atoms with van der Waals surface area (Å²) in [4.78, 5) is 51.5. The van der Waals surface area contributed by atoms with Gasteiger partial charge in [-0.2, -0.15) is 0 Å². The van der Waals surface area contributed by atoms with Gasteiger partial charge in [-0.15, -0.1) is 0 Å². The van der Waals surface area contributed by atoms with E-state index in [9.17, 15) is 32.4 Å². The predicted octanol–water partition coefficient (Wildman–Crippen LogP) is 3.45. The number of hydrogen-bond acceptors (Lipinski definition) is 7. The Morgan fingerprint density at radius 3 is 1.13 bits per heavy atom. The topological polar surface area (TPSA) is 123 Å². The first kappa shape index (κ1) is 36.2. The van der Waals surface area contributed by atoms with Gasteiger partial charge in [0.05, 0.1) is 8.96 Å². The van der Waals surface area contributed by atoms with Gasteiger partial charge in [0.15, 0.2) is 27.2 Å². The molecule has 0 spiro atoms. The molecule has 0 aromatic rings. The fourth-order valence-electron chi connectivity index (χ4n) is 0.475. The number of amides is 2. The van der Waals surface area contributed by atoms with Crippen LogP contribution in [-0.2, 0) is 33.8 Å². The third-order valence-corrected chi connectivity index (χ3v) is 4.11. The summed E-state index contributed by atoms with van der Waals surface area (Å²) in [5, 5.41) is 0.910. The summed E-state index contributed by atoms with van der Waals surface area (Å²) >= 11 is 5.79. The van der Waals surface area contributed by atoms with E-state index >= 15 is 0 Å². The van der Waals surface area contributed by atoms with Crippen molar-refractivity contribution in [3.63, 3.8) is 0 Å². The maximum Gasteiger partial charge on any atom is 0.253 e. The molecule has 0 radical (unpaired) electrons. The summed E-state index contributed by atoms with van der Waals surface area (Å²) < 4.78 is 20.6. The number of rotatable bonds is 4. The van der Waals surface area contributed by atoms with Crippen LogP contribution in [0.25, 0.3) is 0 Å². The van der Waals surface area contributed by atoms with Gasteiger partial charge in [-0.1, -0.05) is 26.3 Å². The van der Waals surface area contributed by atoms with Crippen molar-refractivity contribution in [2.75, 3.05) is 13.3 Å². The number of carbonyl (C=O) groups is 5. The van der Waals surface area contributed by atoms with E-state index in [1.165, 1.54) is 46.0 Å². The van der Waals surface area contributed by atoms with E-state index < -0.39 is 9.84 Å². The molecular weight excluding hydrogens is 558 g/mol. The summed E-state index contributed by atoms with van der Waals surface area (Å²) in [6, 6.07) is 0. The molecule has 0 fully saturated rings. The van der Waals surface area contributed by atoms with Gasteiger partial charge in [-0.25, -0.2) is 8.42 Å². The van der Waals surface area contributed by atoms with Crippen LogP contribution in [0.15, 0.2) is 58.9 Å². The third kappa shape index (κ3) is 32.6. The number of hydrogen-bond donors (Lipinski definition) is 0. The van der Waals surface area contributed by atoms with E-state index in [0.29, 0.717) is 8.96 Å². The van der Waals surface area contributed by atoms with Gasteiger partial charge < -0.3 is 0 Å². The lowest BCUT2D eigenvalue weighted by molar-refractivity contribution is -0.135. The molecule has 0 aromatic carbocycles. The standard InChI is InChI=1S/C5H5NO2.2C4H5BrO.C4H6O.C3H6O2S/c1-6-4(7)2-3-5(6)8;2*1-3(5)4(2)6;1-3-4(2)5;1-3-6(2,4)5/h2-3H,1H3;2*1H2,2H3;3H,1H2,2H3;3H,1H2,2H3. The molecule has 0 atom stereocenters. The number of sulfone groups is 1. The van der Waals surface area contributed by atoms with Crippen molar-refractivity contribution in [2.24, 2.45) is 0 Å². The SMILES string of the molecule is C=C(Br)C(C)=O.C=C(Br)C(C)=O.C=CC(C)=O.C=CS(C)(=O)=O.CN1C(=O)C=CC1=O. The van der Waals surface area contributed by atoms with Crippen molar-refractivity contribution in [3.8, 4) is 0 Å². The largest absolute Gasteiger partial charge is 0.295 e. The maximum atomic E-state index is 10.4. The van der Waals surface area contributed by atoms with Crippen molar-refractivity contribution < 1.29 is 32.4 Å². The van der Waals surface area contributed by atoms with Gasteiger partial charge in [0.2, 0.25) is 0 Å². The summed E-state index contributed by atoms with van der Waals surface area (Å²) in [7, 11) is -1.45. The number of halogens is 2. The molecule has 1 rings (SSSR count). The molecule has 1 aliphatic heterocycles. The zero-order valence-electron chi connectivity index (χ0n) is 18.1. The van der Waals surface area contributed by atoms with Crippen LogP contribution in [0.5, 0.6) is 0 Å². The monoisotopic (exact) mass is 583 g/mol. The van der Waals surface area contributed by atoms with Crippen LogP contribution in [0.3, 0.4) is 0 Å². The first-order valence-electron chi connectivity index (χ1n) is 7.99. The fraction of sp³-hybridized carbons (Fsp3) is 0.250. The molecule has 0 N–H and O–H groups in total. The van der Waals surface area contributed by atoms with Crippen LogP contribution in [-0.4, -0.2) is 55.8 Å². The Hall–Kier alpha value is -2.24. The zero-order chi connectivity index (χ0) is 25.9. The number of likely N-dealkylation sites (N-methyl/N-ethyl adjacent to an activating group) is 1. The molecule has 8 nitrogen and oxygen atoms in total. The summed E-state index contributed by atoms with van der Waals surface area (Å²) in [5.74, 6) is -0.500. The number of nitrogens with zero attached hydrogens (tertiary/aromatic N) is 1. The minimum atomic E-state index is -2.90. The van der Waals surface area contributed by atoms with Gasteiger partial charge in [0, 0.05) is 30.9 Å². The molecule has 11 heteroatoms. The van der Waals surface area contributed by atoms with Crippen molar-refractivity contribution in [1.82, 2.24) is 4.90 Å². The normalized spacial score (nSPS) is 10.9. The van der Waals surface area contributed by atoms with Gasteiger partial charge in [-0.05, 0) is 58.7 Å². The van der Waals surface area contributed by atoms with Gasteiger partial charge >= 0.3 is 0 Å². The average Bonchev–Trinajstić information content (AvgIpc) is 2.94. The molecule has 0 saturated heterocycles. The minimum Gasteiger partial charge on any atom is -0.295 e. The van der Waals surface area contributed by atoms with Crippen LogP contribution >= 0.6 is 31.9 Å². The van der Waals surface area contributed by atoms with Crippen LogP contribution in [0.4, 0.5) is 0 Å². The summed E-state index contributed by atoms with van der Waals surface area (Å²) in [6.07, 6.45) is 4.88. The van der Waals surface area contributed by atoms with E-state index in [2.05, 4.69) is 58.2 Å². The van der Waals surface area contributed by atoms with Gasteiger partial charge in [-0.3, -0.25) is 28.9 Å². The number of imide groups is 1. The van der Waals surface area contributed by atoms with E-state index in [4.69, 9.17) is 0 Å². The van der Waals surface area contributed by atoms with Crippen molar-refractivity contribution in [1.29, 1.82) is 0 Å². The summed E-state index contributed by atoms with van der Waals surface area (Å²) in [6.45, 7) is 17.3. The highest BCUT2D eigenvalue weighted by molar-refractivity contribution is 9.12. The van der Waals surface area contributed by atoms with Crippen molar-refractivity contribution >= 4 is 70.9 Å². The van der Waals surface area contributed by atoms with E-state index in [1.807, 2.05) is 0 Å². The second-order valence-electron chi connectivity index (χ2n) is 5.30. The van der Waals surface area contributed by atoms with Crippen LogP contribution < -0.4 is 0 Å². The highest BCUT2D eigenvalue weighted by Gasteiger charge is 2.17. The molecule has 2 amide bonds. The molecule has 0 bridgehead atoms. The highest BCUT2D eigenvalue weighted by Crippen LogP contribution is 1.99. The van der Waals surface area contributed by atoms with Gasteiger partial charge in [0.25, 0.3) is 11.8 Å². The first-order valence-corrected chi connectivity index (χ1v) is 11.5. The molecule has 0 unspecified atom stereocenters. The molecule has 1 heterocycles. The van der Waals surface area contributed by atoms with Crippen molar-refractivity contribution in [2.45, 2.75) is 20.8 Å². The highest BCUT2D eigenvalue weighted by atomic mass is 79.9.